The van der Waals surface area contributed by atoms with Gasteiger partial charge in [-0.15, -0.1) is 0 Å². The monoisotopic (exact) mass is 339 g/mol. The van der Waals surface area contributed by atoms with Crippen LogP contribution >= 0.6 is 0 Å². The van der Waals surface area contributed by atoms with E-state index < -0.39 is 0 Å². The summed E-state index contributed by atoms with van der Waals surface area (Å²) in [5, 5.41) is 1.76. The smallest absolute Gasteiger partial charge is 0.259 e. The third kappa shape index (κ3) is 3.06. The molecule has 0 saturated carbocycles. The Morgan fingerprint density at radius 2 is 1.54 bits per heavy atom. The first-order valence-corrected chi connectivity index (χ1v) is 8.87. The summed E-state index contributed by atoms with van der Waals surface area (Å²) in [6.07, 6.45) is 0. The lowest BCUT2D eigenvalue weighted by atomic mass is 10.0. The van der Waals surface area contributed by atoms with Gasteiger partial charge in [0.15, 0.2) is 0 Å². The molecule has 2 heteroatoms. The summed E-state index contributed by atoms with van der Waals surface area (Å²) in [6.45, 7) is 4.66. The summed E-state index contributed by atoms with van der Waals surface area (Å²) in [7, 11) is 0. The number of nitrogens with zero attached hydrogens (tertiary/aromatic N) is 1. The molecule has 1 aromatic heterocycles. The molecule has 4 aromatic rings. The highest BCUT2D eigenvalue weighted by Gasteiger charge is 2.12. The molecule has 0 amide bonds. The van der Waals surface area contributed by atoms with Crippen LogP contribution in [0.5, 0.6) is 0 Å². The normalized spacial score (nSPS) is 11.0. The van der Waals surface area contributed by atoms with Crippen molar-refractivity contribution in [3.63, 3.8) is 0 Å². The predicted octanol–water partition coefficient (Wildman–Crippen LogP) is 5.33. The van der Waals surface area contributed by atoms with Gasteiger partial charge in [0.1, 0.15) is 0 Å². The Hall–Kier alpha value is -3.13. The summed E-state index contributed by atoms with van der Waals surface area (Å²) in [4.78, 5) is 13.3. The highest BCUT2D eigenvalue weighted by atomic mass is 16.1. The fourth-order valence-electron chi connectivity index (χ4n) is 3.43. The molecule has 3 aromatic carbocycles. The Morgan fingerprint density at radius 1 is 0.769 bits per heavy atom. The third-order valence-electron chi connectivity index (χ3n) is 4.76. The van der Waals surface area contributed by atoms with E-state index in [1.165, 1.54) is 5.56 Å². The zero-order chi connectivity index (χ0) is 18.1. The van der Waals surface area contributed by atoms with Gasteiger partial charge in [-0.25, -0.2) is 0 Å². The lowest BCUT2D eigenvalue weighted by Gasteiger charge is -2.16. The van der Waals surface area contributed by atoms with E-state index in [4.69, 9.17) is 0 Å². The van der Waals surface area contributed by atoms with Gasteiger partial charge in [-0.1, -0.05) is 71.8 Å². The van der Waals surface area contributed by atoms with Crippen LogP contribution in [0.15, 0.2) is 83.7 Å². The molecule has 4 rings (SSSR count). The molecule has 26 heavy (non-hydrogen) atoms. The maximum absolute atomic E-state index is 13.3. The van der Waals surface area contributed by atoms with E-state index in [1.807, 2.05) is 47.9 Å². The van der Waals surface area contributed by atoms with Crippen LogP contribution in [0.2, 0.25) is 0 Å². The highest BCUT2D eigenvalue weighted by Crippen LogP contribution is 2.24. The van der Waals surface area contributed by atoms with Crippen molar-refractivity contribution in [3.05, 3.63) is 106 Å². The molecule has 0 saturated heterocycles. The average Bonchev–Trinajstić information content (AvgIpc) is 2.65. The van der Waals surface area contributed by atoms with Gasteiger partial charge in [0.05, 0.1) is 12.2 Å². The first-order chi connectivity index (χ1) is 12.6. The molecule has 0 radical (unpaired) electrons. The molecule has 1 heterocycles. The maximum Gasteiger partial charge on any atom is 0.259 e. The number of rotatable bonds is 3. The minimum atomic E-state index is 0.0616. The molecule has 0 N–H and O–H groups in total. The molecule has 0 spiro atoms. The summed E-state index contributed by atoms with van der Waals surface area (Å²) in [5.74, 6) is 0. The Morgan fingerprint density at radius 3 is 2.31 bits per heavy atom. The van der Waals surface area contributed by atoms with Gasteiger partial charge in [0.25, 0.3) is 5.56 Å². The van der Waals surface area contributed by atoms with E-state index in [9.17, 15) is 4.79 Å². The zero-order valence-electron chi connectivity index (χ0n) is 15.1. The first kappa shape index (κ1) is 16.3. The van der Waals surface area contributed by atoms with Crippen molar-refractivity contribution < 1.29 is 0 Å². The minimum absolute atomic E-state index is 0.0616. The lowest BCUT2D eigenvalue weighted by Crippen LogP contribution is -2.22. The molecule has 0 aliphatic heterocycles. The van der Waals surface area contributed by atoms with Gasteiger partial charge in [-0.3, -0.25) is 4.79 Å². The van der Waals surface area contributed by atoms with Crippen LogP contribution in [-0.2, 0) is 6.54 Å². The highest BCUT2D eigenvalue weighted by molar-refractivity contribution is 5.86. The van der Waals surface area contributed by atoms with Gasteiger partial charge >= 0.3 is 0 Å². The number of fused-ring (bicyclic) bond motifs is 1. The summed E-state index contributed by atoms with van der Waals surface area (Å²) >= 11 is 0. The first-order valence-electron chi connectivity index (χ1n) is 8.87. The Kier molecular flexibility index (Phi) is 4.18. The topological polar surface area (TPSA) is 22.0 Å². The molecule has 0 fully saturated rings. The van der Waals surface area contributed by atoms with Gasteiger partial charge in [0, 0.05) is 5.39 Å². The molecule has 0 aliphatic rings. The Balaban J connectivity index is 2.00. The summed E-state index contributed by atoms with van der Waals surface area (Å²) < 4.78 is 1.89. The molecular weight excluding hydrogens is 318 g/mol. The minimum Gasteiger partial charge on any atom is -0.303 e. The van der Waals surface area contributed by atoms with E-state index in [0.29, 0.717) is 6.54 Å². The molecule has 0 bridgehead atoms. The van der Waals surface area contributed by atoms with E-state index in [1.54, 1.807) is 0 Å². The van der Waals surface area contributed by atoms with E-state index >= 15 is 0 Å². The Bertz CT molecular complexity index is 1140. The molecule has 128 valence electrons. The number of benzene rings is 3. The molecule has 2 nitrogen and oxygen atoms in total. The van der Waals surface area contributed by atoms with Crippen molar-refractivity contribution in [2.45, 2.75) is 20.4 Å². The average molecular weight is 339 g/mol. The van der Waals surface area contributed by atoms with Crippen LogP contribution in [0.3, 0.4) is 0 Å². The third-order valence-corrected chi connectivity index (χ3v) is 4.76. The molecular formula is C24H21NO. The fraction of sp³-hybridized carbons (Fsp3) is 0.125. The van der Waals surface area contributed by atoms with Gasteiger partial charge < -0.3 is 4.57 Å². The maximum atomic E-state index is 13.3. The van der Waals surface area contributed by atoms with Crippen LogP contribution in [0, 0.1) is 13.8 Å². The Labute approximate surface area is 153 Å². The quantitative estimate of drug-likeness (QED) is 0.494. The largest absolute Gasteiger partial charge is 0.303 e. The SMILES string of the molecule is Cc1cccc(-c2cc3ccc(C)cc3c(=O)n2Cc2ccccc2)c1. The van der Waals surface area contributed by atoms with Gasteiger partial charge in [-0.05, 0) is 48.6 Å². The van der Waals surface area contributed by atoms with Crippen molar-refractivity contribution >= 4 is 10.8 Å². The number of hydrogen-bond acceptors (Lipinski definition) is 1. The molecule has 0 atom stereocenters. The summed E-state index contributed by atoms with van der Waals surface area (Å²) in [5.41, 5.74) is 5.50. The second-order valence-corrected chi connectivity index (χ2v) is 6.87. The van der Waals surface area contributed by atoms with Crippen molar-refractivity contribution in [3.8, 4) is 11.3 Å². The second-order valence-electron chi connectivity index (χ2n) is 6.87. The van der Waals surface area contributed by atoms with E-state index in [-0.39, 0.29) is 5.56 Å². The fourth-order valence-corrected chi connectivity index (χ4v) is 3.43. The molecule has 0 aliphatic carbocycles. The van der Waals surface area contributed by atoms with Gasteiger partial charge in [0.2, 0.25) is 0 Å². The van der Waals surface area contributed by atoms with Gasteiger partial charge in [-0.2, -0.15) is 0 Å². The van der Waals surface area contributed by atoms with Crippen molar-refractivity contribution in [1.29, 1.82) is 0 Å². The van der Waals surface area contributed by atoms with Crippen LogP contribution in [0.4, 0.5) is 0 Å². The number of hydrogen-bond donors (Lipinski definition) is 0. The van der Waals surface area contributed by atoms with Crippen LogP contribution in [0.1, 0.15) is 16.7 Å². The van der Waals surface area contributed by atoms with Crippen molar-refractivity contribution in [2.75, 3.05) is 0 Å². The summed E-state index contributed by atoms with van der Waals surface area (Å²) in [6, 6.07) is 26.7. The van der Waals surface area contributed by atoms with Crippen LogP contribution < -0.4 is 5.56 Å². The number of aromatic nitrogens is 1. The number of pyridine rings is 1. The molecule has 0 unspecified atom stereocenters. The van der Waals surface area contributed by atoms with Crippen LogP contribution in [-0.4, -0.2) is 4.57 Å². The van der Waals surface area contributed by atoms with Crippen LogP contribution in [0.25, 0.3) is 22.0 Å². The van der Waals surface area contributed by atoms with Crippen molar-refractivity contribution in [1.82, 2.24) is 4.57 Å². The van der Waals surface area contributed by atoms with E-state index in [2.05, 4.69) is 49.4 Å². The number of aryl methyl sites for hydroxylation is 2. The standard InChI is InChI=1S/C24H21NO/c1-17-7-6-10-21(13-17)23-15-20-12-11-18(2)14-22(20)24(26)25(23)16-19-8-4-3-5-9-19/h3-15H,16H2,1-2H3. The predicted molar refractivity (Wildman–Crippen MR) is 109 cm³/mol. The van der Waals surface area contributed by atoms with Crippen molar-refractivity contribution in [2.24, 2.45) is 0 Å². The van der Waals surface area contributed by atoms with E-state index in [0.717, 1.165) is 33.2 Å². The second kappa shape index (κ2) is 6.64. The lowest BCUT2D eigenvalue weighted by molar-refractivity contribution is 0.777. The zero-order valence-corrected chi connectivity index (χ0v) is 15.1.